The van der Waals surface area contributed by atoms with Crippen LogP contribution in [0.3, 0.4) is 0 Å². The van der Waals surface area contributed by atoms with Crippen molar-refractivity contribution < 1.29 is 9.53 Å². The first-order chi connectivity index (χ1) is 16.7. The summed E-state index contributed by atoms with van der Waals surface area (Å²) in [5.41, 5.74) is 4.09. The van der Waals surface area contributed by atoms with Crippen LogP contribution in [0.5, 0.6) is 5.75 Å². The highest BCUT2D eigenvalue weighted by Gasteiger charge is 2.10. The van der Waals surface area contributed by atoms with Gasteiger partial charge < -0.3 is 4.74 Å². The van der Waals surface area contributed by atoms with E-state index in [1.165, 1.54) is 68.9 Å². The number of aryl methyl sites for hydroxylation is 2. The summed E-state index contributed by atoms with van der Waals surface area (Å²) in [6, 6.07) is 16.1. The fraction of sp³-hybridized carbons (Fsp3) is 0.433. The lowest BCUT2D eigenvalue weighted by Crippen LogP contribution is -2.09. The number of nitrogens with zero attached hydrogens (tertiary/aromatic N) is 2. The predicted octanol–water partition coefficient (Wildman–Crippen LogP) is 8.00. The Labute approximate surface area is 204 Å². The minimum absolute atomic E-state index is 0.348. The quantitative estimate of drug-likeness (QED) is 0.181. The van der Waals surface area contributed by atoms with Crippen molar-refractivity contribution in [2.75, 3.05) is 0 Å². The summed E-state index contributed by atoms with van der Waals surface area (Å²) >= 11 is 0. The molecule has 0 atom stereocenters. The standard InChI is InChI=1S/C30H38N2O2/c1-3-5-7-9-11-13-24-14-18-26(19-15-24)29-31-22-28(23-32-29)34-30(33)27-20-16-25(17-21-27)12-10-8-6-4-2/h14-23H,3-13H2,1-2H3. The van der Waals surface area contributed by atoms with Gasteiger partial charge in [0.15, 0.2) is 11.6 Å². The molecule has 0 bridgehead atoms. The van der Waals surface area contributed by atoms with Crippen LogP contribution in [-0.4, -0.2) is 15.9 Å². The first kappa shape index (κ1) is 25.6. The van der Waals surface area contributed by atoms with Crippen LogP contribution >= 0.6 is 0 Å². The minimum atomic E-state index is -0.392. The molecule has 0 aliphatic rings. The van der Waals surface area contributed by atoms with Gasteiger partial charge in [0.05, 0.1) is 18.0 Å². The Bertz CT molecular complexity index is 980. The topological polar surface area (TPSA) is 52.1 Å². The van der Waals surface area contributed by atoms with Crippen LogP contribution in [0.4, 0.5) is 0 Å². The Morgan fingerprint density at radius 2 is 1.18 bits per heavy atom. The van der Waals surface area contributed by atoms with Gasteiger partial charge in [0.1, 0.15) is 0 Å². The van der Waals surface area contributed by atoms with Crippen molar-refractivity contribution in [3.8, 4) is 17.1 Å². The lowest BCUT2D eigenvalue weighted by Gasteiger charge is -2.07. The maximum absolute atomic E-state index is 12.5. The lowest BCUT2D eigenvalue weighted by molar-refractivity contribution is 0.0733. The van der Waals surface area contributed by atoms with Gasteiger partial charge in [-0.05, 0) is 48.9 Å². The summed E-state index contributed by atoms with van der Waals surface area (Å²) in [7, 11) is 0. The zero-order valence-electron chi connectivity index (χ0n) is 20.8. The molecule has 2 aromatic carbocycles. The van der Waals surface area contributed by atoms with Crippen LogP contribution in [0.1, 0.15) is 93.1 Å². The Morgan fingerprint density at radius 3 is 1.74 bits per heavy atom. The molecular formula is C30H38N2O2. The average molecular weight is 459 g/mol. The van der Waals surface area contributed by atoms with Crippen molar-refractivity contribution in [3.63, 3.8) is 0 Å². The molecule has 0 saturated carbocycles. The molecule has 180 valence electrons. The van der Waals surface area contributed by atoms with E-state index in [2.05, 4.69) is 48.1 Å². The van der Waals surface area contributed by atoms with E-state index in [1.54, 1.807) is 12.4 Å². The molecule has 4 nitrogen and oxygen atoms in total. The molecule has 0 aliphatic heterocycles. The van der Waals surface area contributed by atoms with E-state index in [0.29, 0.717) is 17.1 Å². The molecule has 0 amide bonds. The van der Waals surface area contributed by atoms with E-state index in [-0.39, 0.29) is 0 Å². The second-order valence-electron chi connectivity index (χ2n) is 9.00. The summed E-state index contributed by atoms with van der Waals surface area (Å²) in [5.74, 6) is 0.583. The number of carbonyl (C=O) groups excluding carboxylic acids is 1. The van der Waals surface area contributed by atoms with E-state index in [9.17, 15) is 4.79 Å². The Morgan fingerprint density at radius 1 is 0.676 bits per heavy atom. The number of rotatable bonds is 14. The van der Waals surface area contributed by atoms with E-state index >= 15 is 0 Å². The van der Waals surface area contributed by atoms with Crippen LogP contribution in [0.2, 0.25) is 0 Å². The second kappa shape index (κ2) is 14.3. The fourth-order valence-corrected chi connectivity index (χ4v) is 4.00. The van der Waals surface area contributed by atoms with E-state index in [1.807, 2.05) is 24.3 Å². The van der Waals surface area contributed by atoms with Crippen LogP contribution < -0.4 is 4.74 Å². The Hall–Kier alpha value is -3.01. The smallest absolute Gasteiger partial charge is 0.343 e. The van der Waals surface area contributed by atoms with E-state index in [4.69, 9.17) is 4.74 Å². The van der Waals surface area contributed by atoms with Crippen LogP contribution in [0.25, 0.3) is 11.4 Å². The molecule has 3 rings (SSSR count). The third-order valence-corrected chi connectivity index (χ3v) is 6.13. The zero-order chi connectivity index (χ0) is 24.0. The molecular weight excluding hydrogens is 420 g/mol. The zero-order valence-corrected chi connectivity index (χ0v) is 20.8. The van der Waals surface area contributed by atoms with Crippen molar-refractivity contribution >= 4 is 5.97 Å². The van der Waals surface area contributed by atoms with Gasteiger partial charge in [-0.1, -0.05) is 95.2 Å². The summed E-state index contributed by atoms with van der Waals surface area (Å²) in [4.78, 5) is 21.3. The Balaban J connectivity index is 1.49. The van der Waals surface area contributed by atoms with Gasteiger partial charge in [-0.2, -0.15) is 0 Å². The summed E-state index contributed by atoms with van der Waals surface area (Å²) in [6.07, 6.45) is 16.7. The molecule has 4 heteroatoms. The molecule has 3 aromatic rings. The number of aromatic nitrogens is 2. The van der Waals surface area contributed by atoms with Gasteiger partial charge in [0.25, 0.3) is 0 Å². The molecule has 0 spiro atoms. The molecule has 0 radical (unpaired) electrons. The highest BCUT2D eigenvalue weighted by Crippen LogP contribution is 2.19. The third kappa shape index (κ3) is 8.40. The number of unbranched alkanes of at least 4 members (excludes halogenated alkanes) is 7. The van der Waals surface area contributed by atoms with Crippen molar-refractivity contribution in [1.29, 1.82) is 0 Å². The number of hydrogen-bond donors (Lipinski definition) is 0. The number of esters is 1. The summed E-state index contributed by atoms with van der Waals surface area (Å²) < 4.78 is 5.47. The van der Waals surface area contributed by atoms with Gasteiger partial charge in [-0.25, -0.2) is 14.8 Å². The van der Waals surface area contributed by atoms with E-state index in [0.717, 1.165) is 18.4 Å². The molecule has 1 heterocycles. The molecule has 0 aliphatic carbocycles. The Kier molecular flexibility index (Phi) is 10.8. The van der Waals surface area contributed by atoms with Crippen LogP contribution in [0, 0.1) is 0 Å². The molecule has 0 saturated heterocycles. The van der Waals surface area contributed by atoms with Crippen molar-refractivity contribution in [3.05, 3.63) is 77.6 Å². The van der Waals surface area contributed by atoms with Crippen molar-refractivity contribution in [2.24, 2.45) is 0 Å². The monoisotopic (exact) mass is 458 g/mol. The molecule has 1 aromatic heterocycles. The predicted molar refractivity (Wildman–Crippen MR) is 139 cm³/mol. The van der Waals surface area contributed by atoms with Gasteiger partial charge in [0.2, 0.25) is 0 Å². The lowest BCUT2D eigenvalue weighted by atomic mass is 10.0. The van der Waals surface area contributed by atoms with E-state index < -0.39 is 5.97 Å². The van der Waals surface area contributed by atoms with Crippen molar-refractivity contribution in [1.82, 2.24) is 9.97 Å². The second-order valence-corrected chi connectivity index (χ2v) is 9.00. The third-order valence-electron chi connectivity index (χ3n) is 6.13. The van der Waals surface area contributed by atoms with Crippen molar-refractivity contribution in [2.45, 2.75) is 84.5 Å². The average Bonchev–Trinajstić information content (AvgIpc) is 2.88. The summed E-state index contributed by atoms with van der Waals surface area (Å²) in [6.45, 7) is 4.46. The minimum Gasteiger partial charge on any atom is -0.420 e. The summed E-state index contributed by atoms with van der Waals surface area (Å²) in [5, 5.41) is 0. The maximum Gasteiger partial charge on any atom is 0.343 e. The number of carbonyl (C=O) groups is 1. The highest BCUT2D eigenvalue weighted by molar-refractivity contribution is 5.91. The number of hydrogen-bond acceptors (Lipinski definition) is 4. The van der Waals surface area contributed by atoms with Gasteiger partial charge in [-0.3, -0.25) is 0 Å². The molecule has 0 fully saturated rings. The van der Waals surface area contributed by atoms with Gasteiger partial charge in [0, 0.05) is 5.56 Å². The van der Waals surface area contributed by atoms with Crippen LogP contribution in [-0.2, 0) is 12.8 Å². The van der Waals surface area contributed by atoms with Crippen LogP contribution in [0.15, 0.2) is 60.9 Å². The molecule has 34 heavy (non-hydrogen) atoms. The SMILES string of the molecule is CCCCCCCc1ccc(-c2ncc(OC(=O)c3ccc(CCCCCC)cc3)cn2)cc1. The largest absolute Gasteiger partial charge is 0.420 e. The number of benzene rings is 2. The fourth-order valence-electron chi connectivity index (χ4n) is 4.00. The van der Waals surface area contributed by atoms with Gasteiger partial charge >= 0.3 is 5.97 Å². The molecule has 0 unspecified atom stereocenters. The molecule has 0 N–H and O–H groups in total. The normalized spacial score (nSPS) is 10.9. The first-order valence-corrected chi connectivity index (χ1v) is 12.9. The number of ether oxygens (including phenoxy) is 1. The first-order valence-electron chi connectivity index (χ1n) is 12.9. The van der Waals surface area contributed by atoms with Gasteiger partial charge in [-0.15, -0.1) is 0 Å². The highest BCUT2D eigenvalue weighted by atomic mass is 16.5. The maximum atomic E-state index is 12.5.